The van der Waals surface area contributed by atoms with Crippen LogP contribution in [0.2, 0.25) is 0 Å². The molecule has 1 aliphatic rings. The first-order valence-corrected chi connectivity index (χ1v) is 12.5. The molecule has 3 rings (SSSR count). The number of benzene rings is 2. The standard InChI is InChI=1S/C23H29FN2O5S/c1-32(28,29)21-10-8-20(9-11-21)31-14-2-3-23(27)25-17-22(26-12-15-30-16-13-26)18-4-6-19(24)7-5-18/h4-11,22H,2-3,12-17H2,1H3,(H,25,27). The third-order valence-corrected chi connectivity index (χ3v) is 6.43. The molecule has 7 nitrogen and oxygen atoms in total. The third-order valence-electron chi connectivity index (χ3n) is 5.30. The van der Waals surface area contributed by atoms with Crippen molar-refractivity contribution in [1.29, 1.82) is 0 Å². The molecule has 0 aromatic heterocycles. The zero-order valence-electron chi connectivity index (χ0n) is 18.1. The largest absolute Gasteiger partial charge is 0.494 e. The Bertz CT molecular complexity index is 974. The van der Waals surface area contributed by atoms with Crippen LogP contribution in [0.25, 0.3) is 0 Å². The van der Waals surface area contributed by atoms with Crippen molar-refractivity contribution in [3.05, 3.63) is 59.9 Å². The SMILES string of the molecule is CS(=O)(=O)c1ccc(OCCCC(=O)NCC(c2ccc(F)cc2)N2CCOCC2)cc1. The van der Waals surface area contributed by atoms with Crippen LogP contribution < -0.4 is 10.1 Å². The lowest BCUT2D eigenvalue weighted by Gasteiger charge is -2.35. The molecule has 9 heteroatoms. The smallest absolute Gasteiger partial charge is 0.220 e. The molecule has 0 spiro atoms. The number of sulfone groups is 1. The van der Waals surface area contributed by atoms with Crippen molar-refractivity contribution in [2.75, 3.05) is 45.7 Å². The van der Waals surface area contributed by atoms with Crippen LogP contribution >= 0.6 is 0 Å². The predicted molar refractivity (Wildman–Crippen MR) is 119 cm³/mol. The first kappa shape index (κ1) is 24.2. The summed E-state index contributed by atoms with van der Waals surface area (Å²) in [5, 5.41) is 2.98. The second-order valence-corrected chi connectivity index (χ2v) is 9.73. The number of carbonyl (C=O) groups is 1. The highest BCUT2D eigenvalue weighted by Crippen LogP contribution is 2.22. The Labute approximate surface area is 188 Å². The monoisotopic (exact) mass is 464 g/mol. The van der Waals surface area contributed by atoms with Crippen molar-refractivity contribution in [2.24, 2.45) is 0 Å². The van der Waals surface area contributed by atoms with E-state index in [-0.39, 0.29) is 22.7 Å². The molecule has 32 heavy (non-hydrogen) atoms. The quantitative estimate of drug-likeness (QED) is 0.544. The van der Waals surface area contributed by atoms with E-state index in [1.54, 1.807) is 24.3 Å². The number of ether oxygens (including phenoxy) is 2. The Morgan fingerprint density at radius 2 is 1.78 bits per heavy atom. The van der Waals surface area contributed by atoms with Crippen LogP contribution in [-0.4, -0.2) is 64.9 Å². The number of morpholine rings is 1. The van der Waals surface area contributed by atoms with E-state index in [1.165, 1.54) is 24.3 Å². The molecule has 174 valence electrons. The summed E-state index contributed by atoms with van der Waals surface area (Å²) in [6.07, 6.45) is 1.99. The van der Waals surface area contributed by atoms with Gasteiger partial charge in [0.1, 0.15) is 11.6 Å². The van der Waals surface area contributed by atoms with E-state index < -0.39 is 9.84 Å². The van der Waals surface area contributed by atoms with E-state index in [2.05, 4.69) is 10.2 Å². The lowest BCUT2D eigenvalue weighted by Crippen LogP contribution is -2.43. The Kier molecular flexibility index (Phi) is 8.60. The summed E-state index contributed by atoms with van der Waals surface area (Å²) in [4.78, 5) is 14.8. The molecule has 1 aliphatic heterocycles. The molecule has 1 unspecified atom stereocenters. The molecule has 0 bridgehead atoms. The zero-order valence-corrected chi connectivity index (χ0v) is 18.9. The molecule has 1 heterocycles. The van der Waals surface area contributed by atoms with Crippen molar-refractivity contribution in [1.82, 2.24) is 10.2 Å². The lowest BCUT2D eigenvalue weighted by atomic mass is 10.0. The molecule has 0 aliphatic carbocycles. The van der Waals surface area contributed by atoms with Gasteiger partial charge in [-0.2, -0.15) is 0 Å². The molecule has 2 aromatic carbocycles. The molecule has 1 atom stereocenters. The van der Waals surface area contributed by atoms with Crippen LogP contribution in [0.1, 0.15) is 24.4 Å². The van der Waals surface area contributed by atoms with E-state index in [0.717, 1.165) is 24.9 Å². The summed E-state index contributed by atoms with van der Waals surface area (Å²) in [7, 11) is -3.24. The molecule has 0 saturated carbocycles. The molecule has 1 amide bonds. The fourth-order valence-electron chi connectivity index (χ4n) is 3.54. The lowest BCUT2D eigenvalue weighted by molar-refractivity contribution is -0.121. The average Bonchev–Trinajstić information content (AvgIpc) is 2.78. The van der Waals surface area contributed by atoms with Crippen LogP contribution in [-0.2, 0) is 19.4 Å². The first-order chi connectivity index (χ1) is 15.3. The van der Waals surface area contributed by atoms with Gasteiger partial charge in [0.25, 0.3) is 0 Å². The van der Waals surface area contributed by atoms with Gasteiger partial charge in [-0.1, -0.05) is 12.1 Å². The van der Waals surface area contributed by atoms with Crippen molar-refractivity contribution >= 4 is 15.7 Å². The first-order valence-electron chi connectivity index (χ1n) is 10.6. The normalized spacial score (nSPS) is 15.8. The summed E-state index contributed by atoms with van der Waals surface area (Å²) >= 11 is 0. The van der Waals surface area contributed by atoms with E-state index in [4.69, 9.17) is 9.47 Å². The van der Waals surface area contributed by atoms with E-state index in [9.17, 15) is 17.6 Å². The Morgan fingerprint density at radius 1 is 1.12 bits per heavy atom. The maximum Gasteiger partial charge on any atom is 0.220 e. The van der Waals surface area contributed by atoms with Crippen molar-refractivity contribution in [3.63, 3.8) is 0 Å². The minimum atomic E-state index is -3.24. The van der Waals surface area contributed by atoms with Gasteiger partial charge in [0, 0.05) is 32.3 Å². The second kappa shape index (κ2) is 11.4. The number of nitrogens with zero attached hydrogens (tertiary/aromatic N) is 1. The second-order valence-electron chi connectivity index (χ2n) is 7.72. The molecular weight excluding hydrogens is 435 g/mol. The minimum Gasteiger partial charge on any atom is -0.494 e. The van der Waals surface area contributed by atoms with Gasteiger partial charge >= 0.3 is 0 Å². The van der Waals surface area contributed by atoms with Crippen molar-refractivity contribution < 1.29 is 27.1 Å². The van der Waals surface area contributed by atoms with E-state index in [1.807, 2.05) is 0 Å². The average molecular weight is 465 g/mol. The minimum absolute atomic E-state index is 0.0481. The Balaban J connectivity index is 1.45. The maximum absolute atomic E-state index is 13.3. The molecule has 1 N–H and O–H groups in total. The van der Waals surface area contributed by atoms with Crippen molar-refractivity contribution in [2.45, 2.75) is 23.8 Å². The maximum atomic E-state index is 13.3. The number of rotatable bonds is 10. The van der Waals surface area contributed by atoms with Gasteiger partial charge in [0.2, 0.25) is 5.91 Å². The van der Waals surface area contributed by atoms with Gasteiger partial charge in [0.15, 0.2) is 9.84 Å². The fraction of sp³-hybridized carbons (Fsp3) is 0.435. The third kappa shape index (κ3) is 7.29. The summed E-state index contributed by atoms with van der Waals surface area (Å²) in [6.45, 7) is 3.55. The summed E-state index contributed by atoms with van der Waals surface area (Å²) in [5.74, 6) is 0.187. The Morgan fingerprint density at radius 3 is 2.41 bits per heavy atom. The number of amides is 1. The van der Waals surface area contributed by atoms with Crippen LogP contribution in [0.5, 0.6) is 5.75 Å². The van der Waals surface area contributed by atoms with Gasteiger partial charge in [0.05, 0.1) is 30.8 Å². The van der Waals surface area contributed by atoms with Gasteiger partial charge in [-0.15, -0.1) is 0 Å². The highest BCUT2D eigenvalue weighted by molar-refractivity contribution is 7.90. The highest BCUT2D eigenvalue weighted by Gasteiger charge is 2.23. The summed E-state index contributed by atoms with van der Waals surface area (Å²) in [6, 6.07) is 12.5. The van der Waals surface area contributed by atoms with Crippen LogP contribution in [0, 0.1) is 5.82 Å². The summed E-state index contributed by atoms with van der Waals surface area (Å²) < 4.78 is 47.3. The molecular formula is C23H29FN2O5S. The molecule has 2 aromatic rings. The molecule has 1 saturated heterocycles. The van der Waals surface area contributed by atoms with Crippen LogP contribution in [0.15, 0.2) is 53.4 Å². The van der Waals surface area contributed by atoms with Crippen LogP contribution in [0.4, 0.5) is 4.39 Å². The van der Waals surface area contributed by atoms with E-state index in [0.29, 0.717) is 45.0 Å². The molecule has 1 fully saturated rings. The van der Waals surface area contributed by atoms with Gasteiger partial charge in [-0.25, -0.2) is 12.8 Å². The number of hydrogen-bond acceptors (Lipinski definition) is 6. The zero-order chi connectivity index (χ0) is 23.0. The Hall–Kier alpha value is -2.49. The highest BCUT2D eigenvalue weighted by atomic mass is 32.2. The number of hydrogen-bond donors (Lipinski definition) is 1. The number of halogens is 1. The molecule has 0 radical (unpaired) electrons. The topological polar surface area (TPSA) is 84.9 Å². The number of carbonyl (C=O) groups excluding carboxylic acids is 1. The van der Waals surface area contributed by atoms with Crippen LogP contribution in [0.3, 0.4) is 0 Å². The van der Waals surface area contributed by atoms with Gasteiger partial charge < -0.3 is 14.8 Å². The van der Waals surface area contributed by atoms with Gasteiger partial charge in [-0.3, -0.25) is 9.69 Å². The van der Waals surface area contributed by atoms with Crippen molar-refractivity contribution in [3.8, 4) is 5.75 Å². The fourth-order valence-corrected chi connectivity index (χ4v) is 4.17. The number of nitrogens with one attached hydrogen (secondary N) is 1. The van der Waals surface area contributed by atoms with Gasteiger partial charge in [-0.05, 0) is 48.4 Å². The predicted octanol–water partition coefficient (Wildman–Crippen LogP) is 2.58. The van der Waals surface area contributed by atoms with E-state index >= 15 is 0 Å². The summed E-state index contributed by atoms with van der Waals surface area (Å²) in [5.41, 5.74) is 0.953.